The van der Waals surface area contributed by atoms with Crippen molar-refractivity contribution in [2.75, 3.05) is 6.61 Å². The Balaban J connectivity index is 1.93. The summed E-state index contributed by atoms with van der Waals surface area (Å²) < 4.78 is 7.21. The van der Waals surface area contributed by atoms with Gasteiger partial charge >= 0.3 is 0 Å². The van der Waals surface area contributed by atoms with Gasteiger partial charge in [-0.25, -0.2) is 5.43 Å². The predicted molar refractivity (Wildman–Crippen MR) is 111 cm³/mol. The quantitative estimate of drug-likeness (QED) is 0.339. The zero-order valence-electron chi connectivity index (χ0n) is 13.1. The summed E-state index contributed by atoms with van der Waals surface area (Å²) in [6, 6.07) is 9.33. The molecule has 0 aliphatic heterocycles. The van der Waals surface area contributed by atoms with Crippen LogP contribution in [0.2, 0.25) is 0 Å². The van der Waals surface area contributed by atoms with Crippen molar-refractivity contribution in [2.45, 2.75) is 13.8 Å². The number of rotatable bonds is 5. The molecule has 0 fully saturated rings. The zero-order chi connectivity index (χ0) is 17.7. The fourth-order valence-electron chi connectivity index (χ4n) is 1.91. The number of carbonyl (C=O) groups excluding carboxylic acids is 1. The van der Waals surface area contributed by atoms with Crippen molar-refractivity contribution < 1.29 is 14.6 Å². The van der Waals surface area contributed by atoms with E-state index < -0.39 is 0 Å². The highest BCUT2D eigenvalue weighted by atomic mass is 127. The lowest BCUT2D eigenvalue weighted by Gasteiger charge is -2.09. The largest absolute Gasteiger partial charge is 0.506 e. The molecule has 0 spiro atoms. The van der Waals surface area contributed by atoms with E-state index in [1.807, 2.05) is 60.7 Å². The number of halogens is 2. The maximum Gasteiger partial charge on any atom is 0.277 e. The maximum absolute atomic E-state index is 11.8. The van der Waals surface area contributed by atoms with Crippen LogP contribution in [-0.4, -0.2) is 23.8 Å². The van der Waals surface area contributed by atoms with Gasteiger partial charge in [-0.05, 0) is 88.4 Å². The van der Waals surface area contributed by atoms with E-state index in [1.165, 1.54) is 6.21 Å². The van der Waals surface area contributed by atoms with Crippen LogP contribution in [0, 0.1) is 21.0 Å². The van der Waals surface area contributed by atoms with Crippen molar-refractivity contribution in [2.24, 2.45) is 5.10 Å². The third-order valence-corrected chi connectivity index (χ3v) is 4.81. The van der Waals surface area contributed by atoms with E-state index in [2.05, 4.69) is 33.1 Å². The van der Waals surface area contributed by atoms with Crippen LogP contribution >= 0.6 is 45.2 Å². The van der Waals surface area contributed by atoms with Gasteiger partial charge in [0.25, 0.3) is 5.91 Å². The number of hydrazone groups is 1. The Kier molecular flexibility index (Phi) is 6.84. The Morgan fingerprint density at radius 3 is 2.83 bits per heavy atom. The predicted octanol–water partition coefficient (Wildman–Crippen LogP) is 3.75. The highest BCUT2D eigenvalue weighted by Gasteiger charge is 2.07. The average Bonchev–Trinajstić information content (AvgIpc) is 2.53. The van der Waals surface area contributed by atoms with Gasteiger partial charge in [-0.15, -0.1) is 0 Å². The smallest absolute Gasteiger partial charge is 0.277 e. The van der Waals surface area contributed by atoms with Gasteiger partial charge in [0.05, 0.1) is 9.78 Å². The molecule has 2 N–H and O–H groups in total. The molecule has 2 aromatic carbocycles. The standard InChI is InChI=1S/C17H16I2N2O3/c1-10-4-3-5-15(11(10)2)24-9-16(22)21-20-8-12-6-13(18)7-14(19)17(12)23/h3-8,23H,9H2,1-2H3,(H,21,22)/b20-8+. The average molecular weight is 550 g/mol. The van der Waals surface area contributed by atoms with Crippen molar-refractivity contribution in [1.82, 2.24) is 5.43 Å². The number of phenols is 1. The summed E-state index contributed by atoms with van der Waals surface area (Å²) in [7, 11) is 0. The number of aromatic hydroxyl groups is 1. The molecular formula is C17H16I2N2O3. The van der Waals surface area contributed by atoms with Gasteiger partial charge in [-0.2, -0.15) is 5.10 Å². The first-order valence-corrected chi connectivity index (χ1v) is 9.23. The summed E-state index contributed by atoms with van der Waals surface area (Å²) in [6.07, 6.45) is 1.41. The Morgan fingerprint density at radius 2 is 2.08 bits per heavy atom. The number of amides is 1. The first-order chi connectivity index (χ1) is 11.4. The molecule has 0 aliphatic carbocycles. The van der Waals surface area contributed by atoms with Gasteiger partial charge in [-0.1, -0.05) is 12.1 Å². The summed E-state index contributed by atoms with van der Waals surface area (Å²) in [4.78, 5) is 11.8. The molecule has 0 saturated carbocycles. The lowest BCUT2D eigenvalue weighted by molar-refractivity contribution is -0.123. The second-order valence-corrected chi connectivity index (χ2v) is 7.51. The lowest BCUT2D eigenvalue weighted by Crippen LogP contribution is -2.24. The molecule has 7 heteroatoms. The molecule has 0 aliphatic rings. The Morgan fingerprint density at radius 1 is 1.33 bits per heavy atom. The summed E-state index contributed by atoms with van der Waals surface area (Å²) in [6.45, 7) is 3.81. The zero-order valence-corrected chi connectivity index (χ0v) is 17.5. The van der Waals surface area contributed by atoms with Gasteiger partial charge < -0.3 is 9.84 Å². The molecule has 2 aromatic rings. The number of aryl methyl sites for hydroxylation is 1. The van der Waals surface area contributed by atoms with E-state index in [0.717, 1.165) is 18.3 Å². The number of hydrogen-bond donors (Lipinski definition) is 2. The molecule has 24 heavy (non-hydrogen) atoms. The highest BCUT2D eigenvalue weighted by molar-refractivity contribution is 14.1. The van der Waals surface area contributed by atoms with Gasteiger partial charge in [-0.3, -0.25) is 4.79 Å². The van der Waals surface area contributed by atoms with Crippen LogP contribution in [0.3, 0.4) is 0 Å². The van der Waals surface area contributed by atoms with Gasteiger partial charge in [0.15, 0.2) is 6.61 Å². The molecule has 1 amide bonds. The first kappa shape index (κ1) is 19.0. The minimum atomic E-state index is -0.369. The van der Waals surface area contributed by atoms with Crippen molar-refractivity contribution in [3.63, 3.8) is 0 Å². The molecular weight excluding hydrogens is 534 g/mol. The number of nitrogens with zero attached hydrogens (tertiary/aromatic N) is 1. The third kappa shape index (κ3) is 5.07. The Bertz CT molecular complexity index is 792. The van der Waals surface area contributed by atoms with E-state index in [-0.39, 0.29) is 18.3 Å². The minimum absolute atomic E-state index is 0.128. The lowest BCUT2D eigenvalue weighted by atomic mass is 10.1. The molecule has 0 bridgehead atoms. The molecule has 0 saturated heterocycles. The fraction of sp³-hybridized carbons (Fsp3) is 0.176. The molecule has 0 heterocycles. The third-order valence-electron chi connectivity index (χ3n) is 3.36. The van der Waals surface area contributed by atoms with Crippen molar-refractivity contribution in [1.29, 1.82) is 0 Å². The number of nitrogens with one attached hydrogen (secondary N) is 1. The van der Waals surface area contributed by atoms with Crippen LogP contribution in [0.15, 0.2) is 35.4 Å². The van der Waals surface area contributed by atoms with Gasteiger partial charge in [0, 0.05) is 9.13 Å². The Labute approximate surface area is 167 Å². The van der Waals surface area contributed by atoms with Crippen molar-refractivity contribution in [3.8, 4) is 11.5 Å². The highest BCUT2D eigenvalue weighted by Crippen LogP contribution is 2.25. The monoisotopic (exact) mass is 550 g/mol. The molecule has 2 rings (SSSR count). The number of carbonyl (C=O) groups is 1. The van der Waals surface area contributed by atoms with Crippen LogP contribution < -0.4 is 10.2 Å². The second-order valence-electron chi connectivity index (χ2n) is 5.11. The summed E-state index contributed by atoms with van der Waals surface area (Å²) >= 11 is 4.20. The Hall–Kier alpha value is -1.36. The van der Waals surface area contributed by atoms with Crippen LogP contribution in [0.4, 0.5) is 0 Å². The van der Waals surface area contributed by atoms with Crippen LogP contribution in [-0.2, 0) is 4.79 Å². The van der Waals surface area contributed by atoms with Crippen LogP contribution in [0.5, 0.6) is 11.5 Å². The van der Waals surface area contributed by atoms with Crippen LogP contribution in [0.1, 0.15) is 16.7 Å². The number of hydrogen-bond acceptors (Lipinski definition) is 4. The topological polar surface area (TPSA) is 70.9 Å². The number of benzene rings is 2. The van der Waals surface area contributed by atoms with E-state index in [1.54, 1.807) is 6.07 Å². The van der Waals surface area contributed by atoms with Crippen LogP contribution in [0.25, 0.3) is 0 Å². The van der Waals surface area contributed by atoms with E-state index in [4.69, 9.17) is 4.74 Å². The van der Waals surface area contributed by atoms with Gasteiger partial charge in [0.2, 0.25) is 0 Å². The van der Waals surface area contributed by atoms with Crippen molar-refractivity contribution in [3.05, 3.63) is 54.2 Å². The molecule has 0 aromatic heterocycles. The van der Waals surface area contributed by atoms with E-state index in [9.17, 15) is 9.90 Å². The second kappa shape index (κ2) is 8.65. The molecule has 0 atom stereocenters. The molecule has 0 unspecified atom stereocenters. The van der Waals surface area contributed by atoms with Gasteiger partial charge in [0.1, 0.15) is 11.5 Å². The molecule has 126 valence electrons. The number of phenolic OH excluding ortho intramolecular Hbond substituents is 1. The van der Waals surface area contributed by atoms with E-state index in [0.29, 0.717) is 11.3 Å². The van der Waals surface area contributed by atoms with E-state index >= 15 is 0 Å². The normalized spacial score (nSPS) is 10.8. The summed E-state index contributed by atoms with van der Waals surface area (Å²) in [5.74, 6) is 0.451. The fourth-order valence-corrected chi connectivity index (χ4v) is 3.80. The molecule has 0 radical (unpaired) electrons. The molecule has 5 nitrogen and oxygen atoms in total. The minimum Gasteiger partial charge on any atom is -0.506 e. The van der Waals surface area contributed by atoms with Crippen molar-refractivity contribution >= 4 is 57.3 Å². The summed E-state index contributed by atoms with van der Waals surface area (Å²) in [5.41, 5.74) is 5.05. The SMILES string of the molecule is Cc1cccc(OCC(=O)N/N=C/c2cc(I)cc(I)c2O)c1C. The maximum atomic E-state index is 11.8. The summed E-state index contributed by atoms with van der Waals surface area (Å²) in [5, 5.41) is 13.8. The first-order valence-electron chi connectivity index (χ1n) is 7.07. The number of ether oxygens (including phenoxy) is 1.